The summed E-state index contributed by atoms with van der Waals surface area (Å²) in [6.45, 7) is 1.95. The molecule has 0 unspecified atom stereocenters. The van der Waals surface area contributed by atoms with E-state index in [9.17, 15) is 4.39 Å². The van der Waals surface area contributed by atoms with E-state index in [2.05, 4.69) is 20.9 Å². The summed E-state index contributed by atoms with van der Waals surface area (Å²) >= 11 is 9.25. The third kappa shape index (κ3) is 2.11. The van der Waals surface area contributed by atoms with Crippen molar-refractivity contribution in [1.82, 2.24) is 4.98 Å². The van der Waals surface area contributed by atoms with Crippen molar-refractivity contribution in [3.05, 3.63) is 51.5 Å². The van der Waals surface area contributed by atoms with Gasteiger partial charge in [-0.2, -0.15) is 4.39 Å². The summed E-state index contributed by atoms with van der Waals surface area (Å²) in [5.41, 5.74) is 2.20. The predicted octanol–water partition coefficient (Wildman–Crippen LogP) is 4.61. The van der Waals surface area contributed by atoms with Crippen LogP contribution in [0.3, 0.4) is 0 Å². The average molecular weight is 301 g/mol. The third-order valence-electron chi connectivity index (χ3n) is 2.29. The smallest absolute Gasteiger partial charge is 0.220 e. The van der Waals surface area contributed by atoms with Crippen molar-refractivity contribution in [1.29, 1.82) is 0 Å². The fourth-order valence-corrected chi connectivity index (χ4v) is 2.10. The lowest BCUT2D eigenvalue weighted by Crippen LogP contribution is -1.90. The molecule has 16 heavy (non-hydrogen) atoms. The Kier molecular flexibility index (Phi) is 3.26. The number of aryl methyl sites for hydroxylation is 1. The molecule has 0 fully saturated rings. The summed E-state index contributed by atoms with van der Waals surface area (Å²) in [7, 11) is 0. The second-order valence-corrected chi connectivity index (χ2v) is 4.66. The highest BCUT2D eigenvalue weighted by atomic mass is 79.9. The van der Waals surface area contributed by atoms with E-state index in [0.29, 0.717) is 10.6 Å². The van der Waals surface area contributed by atoms with Gasteiger partial charge in [0.05, 0.1) is 5.02 Å². The van der Waals surface area contributed by atoms with Crippen molar-refractivity contribution in [3.63, 3.8) is 0 Å². The Morgan fingerprint density at radius 3 is 2.81 bits per heavy atom. The minimum Gasteiger partial charge on any atom is -0.226 e. The molecule has 0 aliphatic carbocycles. The van der Waals surface area contributed by atoms with E-state index in [1.165, 1.54) is 6.20 Å². The Balaban J connectivity index is 2.67. The Labute approximate surface area is 106 Å². The standard InChI is InChI=1S/C12H8BrClFN/c1-7-3-2-4-9(11(7)13)10-5-8(14)6-16-12(10)15/h2-6H,1H3. The van der Waals surface area contributed by atoms with Crippen LogP contribution in [0, 0.1) is 12.9 Å². The minimum absolute atomic E-state index is 0.406. The van der Waals surface area contributed by atoms with Crippen LogP contribution in [0.5, 0.6) is 0 Å². The summed E-state index contributed by atoms with van der Waals surface area (Å²) in [4.78, 5) is 3.61. The second-order valence-electron chi connectivity index (χ2n) is 3.43. The Morgan fingerprint density at radius 2 is 2.06 bits per heavy atom. The van der Waals surface area contributed by atoms with Gasteiger partial charge in [0.25, 0.3) is 0 Å². The van der Waals surface area contributed by atoms with Crippen molar-refractivity contribution in [2.45, 2.75) is 6.92 Å². The first-order valence-electron chi connectivity index (χ1n) is 4.66. The summed E-state index contributed by atoms with van der Waals surface area (Å²) in [5.74, 6) is -0.518. The highest BCUT2D eigenvalue weighted by molar-refractivity contribution is 9.10. The lowest BCUT2D eigenvalue weighted by molar-refractivity contribution is 0.587. The van der Waals surface area contributed by atoms with Crippen LogP contribution in [-0.2, 0) is 0 Å². The normalized spacial score (nSPS) is 10.5. The van der Waals surface area contributed by atoms with Gasteiger partial charge in [0.2, 0.25) is 5.95 Å². The maximum Gasteiger partial charge on any atom is 0.220 e. The Morgan fingerprint density at radius 1 is 1.31 bits per heavy atom. The zero-order valence-corrected chi connectivity index (χ0v) is 10.8. The van der Waals surface area contributed by atoms with Crippen LogP contribution in [0.25, 0.3) is 11.1 Å². The zero-order valence-electron chi connectivity index (χ0n) is 8.47. The molecule has 0 saturated heterocycles. The molecule has 2 rings (SSSR count). The van der Waals surface area contributed by atoms with E-state index in [-0.39, 0.29) is 0 Å². The van der Waals surface area contributed by atoms with Gasteiger partial charge < -0.3 is 0 Å². The van der Waals surface area contributed by atoms with Crippen molar-refractivity contribution in [2.75, 3.05) is 0 Å². The molecule has 0 aliphatic rings. The first kappa shape index (κ1) is 11.6. The minimum atomic E-state index is -0.518. The molecule has 0 aliphatic heterocycles. The summed E-state index contributed by atoms with van der Waals surface area (Å²) < 4.78 is 14.4. The Hall–Kier alpha value is -0.930. The number of rotatable bonds is 1. The first-order chi connectivity index (χ1) is 7.59. The maximum absolute atomic E-state index is 13.6. The van der Waals surface area contributed by atoms with Crippen LogP contribution in [0.2, 0.25) is 5.02 Å². The van der Waals surface area contributed by atoms with Crippen molar-refractivity contribution in [3.8, 4) is 11.1 Å². The molecule has 0 radical (unpaired) electrons. The van der Waals surface area contributed by atoms with E-state index >= 15 is 0 Å². The Bertz CT molecular complexity index is 543. The second kappa shape index (κ2) is 4.52. The van der Waals surface area contributed by atoms with Crippen molar-refractivity contribution in [2.24, 2.45) is 0 Å². The van der Waals surface area contributed by atoms with E-state index in [1.807, 2.05) is 25.1 Å². The quantitative estimate of drug-likeness (QED) is 0.701. The number of pyridine rings is 1. The van der Waals surface area contributed by atoms with Gasteiger partial charge in [0, 0.05) is 21.8 Å². The molecule has 0 atom stereocenters. The fraction of sp³-hybridized carbons (Fsp3) is 0.0833. The van der Waals surface area contributed by atoms with Gasteiger partial charge in [-0.1, -0.05) is 29.8 Å². The monoisotopic (exact) mass is 299 g/mol. The van der Waals surface area contributed by atoms with Crippen LogP contribution < -0.4 is 0 Å². The van der Waals surface area contributed by atoms with Crippen LogP contribution >= 0.6 is 27.5 Å². The van der Waals surface area contributed by atoms with Gasteiger partial charge in [-0.05, 0) is 34.5 Å². The lowest BCUT2D eigenvalue weighted by atomic mass is 10.1. The highest BCUT2D eigenvalue weighted by Crippen LogP contribution is 2.32. The molecular formula is C12H8BrClFN. The molecule has 0 N–H and O–H groups in total. The van der Waals surface area contributed by atoms with E-state index in [1.54, 1.807) is 6.07 Å². The SMILES string of the molecule is Cc1cccc(-c2cc(Cl)cnc2F)c1Br. The maximum atomic E-state index is 13.6. The van der Waals surface area contributed by atoms with Crippen LogP contribution in [0.1, 0.15) is 5.56 Å². The largest absolute Gasteiger partial charge is 0.226 e. The summed E-state index contributed by atoms with van der Waals surface area (Å²) in [6, 6.07) is 7.22. The molecule has 1 nitrogen and oxygen atoms in total. The van der Waals surface area contributed by atoms with Gasteiger partial charge in [0.1, 0.15) is 0 Å². The number of nitrogens with zero attached hydrogens (tertiary/aromatic N) is 1. The topological polar surface area (TPSA) is 12.9 Å². The number of hydrogen-bond acceptors (Lipinski definition) is 1. The fourth-order valence-electron chi connectivity index (χ4n) is 1.47. The first-order valence-corrected chi connectivity index (χ1v) is 5.83. The van der Waals surface area contributed by atoms with Crippen LogP contribution in [0.15, 0.2) is 34.9 Å². The zero-order chi connectivity index (χ0) is 11.7. The molecule has 82 valence electrons. The summed E-state index contributed by atoms with van der Waals surface area (Å²) in [6.07, 6.45) is 1.30. The van der Waals surface area contributed by atoms with E-state index in [0.717, 1.165) is 15.6 Å². The highest BCUT2D eigenvalue weighted by Gasteiger charge is 2.11. The molecule has 4 heteroatoms. The van der Waals surface area contributed by atoms with Gasteiger partial charge in [-0.3, -0.25) is 0 Å². The number of halogens is 3. The molecule has 1 aromatic carbocycles. The van der Waals surface area contributed by atoms with Crippen molar-refractivity contribution < 1.29 is 4.39 Å². The average Bonchev–Trinajstić information content (AvgIpc) is 2.26. The number of hydrogen-bond donors (Lipinski definition) is 0. The summed E-state index contributed by atoms with van der Waals surface area (Å²) in [5, 5.41) is 0.421. The molecule has 2 aromatic rings. The van der Waals surface area contributed by atoms with Crippen LogP contribution in [-0.4, -0.2) is 4.98 Å². The molecule has 0 spiro atoms. The molecule has 1 heterocycles. The van der Waals surface area contributed by atoms with Gasteiger partial charge in [0.15, 0.2) is 0 Å². The third-order valence-corrected chi connectivity index (χ3v) is 3.55. The lowest BCUT2D eigenvalue weighted by Gasteiger charge is -2.08. The molecule has 0 saturated carbocycles. The van der Waals surface area contributed by atoms with E-state index < -0.39 is 5.95 Å². The number of aromatic nitrogens is 1. The van der Waals surface area contributed by atoms with Crippen LogP contribution in [0.4, 0.5) is 4.39 Å². The van der Waals surface area contributed by atoms with Gasteiger partial charge in [-0.15, -0.1) is 0 Å². The van der Waals surface area contributed by atoms with Gasteiger partial charge >= 0.3 is 0 Å². The number of benzene rings is 1. The van der Waals surface area contributed by atoms with Crippen molar-refractivity contribution >= 4 is 27.5 Å². The molecule has 0 amide bonds. The van der Waals surface area contributed by atoms with Gasteiger partial charge in [-0.25, -0.2) is 4.98 Å². The molecule has 1 aromatic heterocycles. The molecule has 0 bridgehead atoms. The predicted molar refractivity (Wildman–Crippen MR) is 67.1 cm³/mol. The molecular weight excluding hydrogens is 292 g/mol. The van der Waals surface area contributed by atoms with E-state index in [4.69, 9.17) is 11.6 Å².